The number of rotatable bonds is 2. The van der Waals surface area contributed by atoms with E-state index in [0.29, 0.717) is 31.0 Å². The first kappa shape index (κ1) is 18.9. The van der Waals surface area contributed by atoms with Crippen LogP contribution in [0.5, 0.6) is 0 Å². The second-order valence-electron chi connectivity index (χ2n) is 7.64. The van der Waals surface area contributed by atoms with E-state index < -0.39 is 5.54 Å². The number of carbonyl (C=O) groups is 2. The summed E-state index contributed by atoms with van der Waals surface area (Å²) in [6.45, 7) is 7.22. The molecule has 0 atom stereocenters. The molecular formula is C19H26N6O2. The van der Waals surface area contributed by atoms with Crippen LogP contribution in [-0.4, -0.2) is 80.9 Å². The van der Waals surface area contributed by atoms with Gasteiger partial charge in [-0.05, 0) is 32.9 Å². The Morgan fingerprint density at radius 1 is 1.11 bits per heavy atom. The minimum atomic E-state index is -0.496. The van der Waals surface area contributed by atoms with E-state index >= 15 is 0 Å². The minimum absolute atomic E-state index is 0.0404. The Morgan fingerprint density at radius 2 is 1.78 bits per heavy atom. The highest BCUT2D eigenvalue weighted by Crippen LogP contribution is 2.24. The molecule has 0 radical (unpaired) electrons. The van der Waals surface area contributed by atoms with Gasteiger partial charge in [-0.25, -0.2) is 9.48 Å². The number of urea groups is 1. The van der Waals surface area contributed by atoms with Crippen LogP contribution in [0.15, 0.2) is 30.3 Å². The molecule has 3 amide bonds. The molecule has 8 heteroatoms. The van der Waals surface area contributed by atoms with Crippen molar-refractivity contribution in [3.05, 3.63) is 41.7 Å². The maximum atomic E-state index is 13.2. The predicted molar refractivity (Wildman–Crippen MR) is 102 cm³/mol. The van der Waals surface area contributed by atoms with Gasteiger partial charge in [-0.3, -0.25) is 4.79 Å². The van der Waals surface area contributed by atoms with E-state index in [1.807, 2.05) is 51.1 Å². The molecule has 144 valence electrons. The number of benzene rings is 1. The van der Waals surface area contributed by atoms with E-state index in [0.717, 1.165) is 5.69 Å². The number of carbonyl (C=O) groups excluding carboxylic acids is 2. The summed E-state index contributed by atoms with van der Waals surface area (Å²) < 4.78 is 1.67. The van der Waals surface area contributed by atoms with Crippen molar-refractivity contribution in [3.63, 3.8) is 0 Å². The van der Waals surface area contributed by atoms with Crippen molar-refractivity contribution >= 4 is 11.9 Å². The van der Waals surface area contributed by atoms with Crippen LogP contribution in [0.1, 0.15) is 30.0 Å². The molecule has 1 aliphatic rings. The average Bonchev–Trinajstić information content (AvgIpc) is 3.01. The zero-order chi connectivity index (χ0) is 19.8. The molecule has 27 heavy (non-hydrogen) atoms. The number of hydrogen-bond donors (Lipinski definition) is 0. The lowest BCUT2D eigenvalue weighted by molar-refractivity contribution is 0.0235. The fraction of sp³-hybridized carbons (Fsp3) is 0.474. The fourth-order valence-corrected chi connectivity index (χ4v) is 3.45. The molecule has 0 aliphatic carbocycles. The molecule has 2 aromatic rings. The third-order valence-corrected chi connectivity index (χ3v) is 4.90. The van der Waals surface area contributed by atoms with Gasteiger partial charge in [0.05, 0.1) is 16.9 Å². The molecule has 8 nitrogen and oxygen atoms in total. The topological polar surface area (TPSA) is 74.6 Å². The van der Waals surface area contributed by atoms with E-state index in [9.17, 15) is 9.59 Å². The number of nitrogens with zero attached hydrogens (tertiary/aromatic N) is 6. The minimum Gasteiger partial charge on any atom is -0.331 e. The number of hydrogen-bond acceptors (Lipinski definition) is 4. The van der Waals surface area contributed by atoms with Crippen molar-refractivity contribution in [3.8, 4) is 5.69 Å². The summed E-state index contributed by atoms with van der Waals surface area (Å²) in [7, 11) is 3.47. The molecule has 1 aromatic heterocycles. The zero-order valence-corrected chi connectivity index (χ0v) is 16.5. The van der Waals surface area contributed by atoms with Crippen molar-refractivity contribution in [1.82, 2.24) is 29.7 Å². The molecule has 1 fully saturated rings. The summed E-state index contributed by atoms with van der Waals surface area (Å²) in [6.07, 6.45) is 0. The van der Waals surface area contributed by atoms with Crippen molar-refractivity contribution in [1.29, 1.82) is 0 Å². The van der Waals surface area contributed by atoms with Crippen LogP contribution >= 0.6 is 0 Å². The van der Waals surface area contributed by atoms with Crippen LogP contribution in [0.4, 0.5) is 4.79 Å². The van der Waals surface area contributed by atoms with Crippen molar-refractivity contribution in [2.75, 3.05) is 33.7 Å². The van der Waals surface area contributed by atoms with E-state index in [1.165, 1.54) is 0 Å². The first-order chi connectivity index (χ1) is 12.7. The Hall–Kier alpha value is -2.90. The first-order valence-electron chi connectivity index (χ1n) is 8.98. The van der Waals surface area contributed by atoms with Crippen LogP contribution in [0, 0.1) is 6.92 Å². The second-order valence-corrected chi connectivity index (χ2v) is 7.64. The Bertz CT molecular complexity index is 843. The number of piperazine rings is 1. The summed E-state index contributed by atoms with van der Waals surface area (Å²) in [6, 6.07) is 9.57. The Kier molecular flexibility index (Phi) is 4.91. The fourth-order valence-electron chi connectivity index (χ4n) is 3.45. The molecule has 1 saturated heterocycles. The monoisotopic (exact) mass is 370 g/mol. The van der Waals surface area contributed by atoms with Gasteiger partial charge in [0.2, 0.25) is 0 Å². The van der Waals surface area contributed by atoms with Crippen molar-refractivity contribution < 1.29 is 9.59 Å². The van der Waals surface area contributed by atoms with E-state index in [1.54, 1.807) is 33.5 Å². The van der Waals surface area contributed by atoms with Crippen molar-refractivity contribution in [2.45, 2.75) is 26.3 Å². The van der Waals surface area contributed by atoms with Crippen LogP contribution < -0.4 is 0 Å². The Balaban J connectivity index is 1.83. The van der Waals surface area contributed by atoms with Gasteiger partial charge in [0.25, 0.3) is 5.91 Å². The van der Waals surface area contributed by atoms with Gasteiger partial charge in [-0.2, -0.15) is 0 Å². The third kappa shape index (κ3) is 3.51. The summed E-state index contributed by atoms with van der Waals surface area (Å²) >= 11 is 0. The SMILES string of the molecule is Cc1c(C(=O)N2CCN(C(=O)N(C)C)CC2(C)C)nnn1-c1ccccc1. The summed E-state index contributed by atoms with van der Waals surface area (Å²) in [5.41, 5.74) is 1.42. The standard InChI is InChI=1S/C19H26N6O2/c1-14-16(20-21-25(14)15-9-7-6-8-10-15)17(26)24-12-11-23(13-19(24,2)3)18(27)22(4)5/h6-10H,11-13H2,1-5H3. The van der Waals surface area contributed by atoms with Gasteiger partial charge >= 0.3 is 6.03 Å². The van der Waals surface area contributed by atoms with Crippen molar-refractivity contribution in [2.24, 2.45) is 0 Å². The molecule has 2 heterocycles. The van der Waals surface area contributed by atoms with Crippen LogP contribution in [-0.2, 0) is 0 Å². The summed E-state index contributed by atoms with van der Waals surface area (Å²) in [5.74, 6) is -0.156. The summed E-state index contributed by atoms with van der Waals surface area (Å²) in [4.78, 5) is 30.6. The highest BCUT2D eigenvalue weighted by molar-refractivity contribution is 5.94. The Morgan fingerprint density at radius 3 is 2.37 bits per heavy atom. The molecule has 0 saturated carbocycles. The maximum absolute atomic E-state index is 13.2. The lowest BCUT2D eigenvalue weighted by Crippen LogP contribution is -2.63. The lowest BCUT2D eigenvalue weighted by atomic mass is 9.98. The number of amides is 3. The van der Waals surface area contributed by atoms with Gasteiger partial charge < -0.3 is 14.7 Å². The van der Waals surface area contributed by atoms with Gasteiger partial charge in [0.15, 0.2) is 5.69 Å². The van der Waals surface area contributed by atoms with Gasteiger partial charge in [0, 0.05) is 33.7 Å². The molecular weight excluding hydrogens is 344 g/mol. The van der Waals surface area contributed by atoms with Crippen LogP contribution in [0.3, 0.4) is 0 Å². The molecule has 0 spiro atoms. The number of aromatic nitrogens is 3. The van der Waals surface area contributed by atoms with Gasteiger partial charge in [-0.1, -0.05) is 23.4 Å². The van der Waals surface area contributed by atoms with E-state index in [2.05, 4.69) is 10.3 Å². The predicted octanol–water partition coefficient (Wildman–Crippen LogP) is 1.79. The normalized spacial score (nSPS) is 16.3. The third-order valence-electron chi connectivity index (χ3n) is 4.90. The maximum Gasteiger partial charge on any atom is 0.319 e. The second kappa shape index (κ2) is 7.02. The molecule has 0 N–H and O–H groups in total. The van der Waals surface area contributed by atoms with Gasteiger partial charge in [-0.15, -0.1) is 5.10 Å². The average molecular weight is 370 g/mol. The highest BCUT2D eigenvalue weighted by Gasteiger charge is 2.40. The molecule has 1 aromatic carbocycles. The Labute approximate surface area is 159 Å². The molecule has 0 unspecified atom stereocenters. The molecule has 3 rings (SSSR count). The van der Waals surface area contributed by atoms with Crippen LogP contribution in [0.2, 0.25) is 0 Å². The highest BCUT2D eigenvalue weighted by atomic mass is 16.2. The summed E-state index contributed by atoms with van der Waals surface area (Å²) in [5, 5.41) is 8.31. The quantitative estimate of drug-likeness (QED) is 0.808. The lowest BCUT2D eigenvalue weighted by Gasteiger charge is -2.47. The number of para-hydroxylation sites is 1. The van der Waals surface area contributed by atoms with Gasteiger partial charge in [0.1, 0.15) is 0 Å². The first-order valence-corrected chi connectivity index (χ1v) is 8.98. The zero-order valence-electron chi connectivity index (χ0n) is 16.5. The van der Waals surface area contributed by atoms with Crippen LogP contribution in [0.25, 0.3) is 5.69 Å². The van der Waals surface area contributed by atoms with E-state index in [-0.39, 0.29) is 11.9 Å². The molecule has 0 bridgehead atoms. The largest absolute Gasteiger partial charge is 0.331 e. The van der Waals surface area contributed by atoms with E-state index in [4.69, 9.17) is 0 Å². The molecule has 1 aliphatic heterocycles. The smallest absolute Gasteiger partial charge is 0.319 e.